The minimum absolute atomic E-state index is 0.0248. The zero-order chi connectivity index (χ0) is 15.4. The molecule has 0 spiro atoms. The Morgan fingerprint density at radius 1 is 1.38 bits per heavy atom. The Morgan fingerprint density at radius 3 is 2.67 bits per heavy atom. The van der Waals surface area contributed by atoms with Crippen LogP contribution >= 0.6 is 27.7 Å². The summed E-state index contributed by atoms with van der Waals surface area (Å²) in [5.74, 6) is -1.00. The van der Waals surface area contributed by atoms with Gasteiger partial charge in [-0.25, -0.2) is 4.79 Å². The minimum atomic E-state index is -0.978. The van der Waals surface area contributed by atoms with E-state index >= 15 is 0 Å². The van der Waals surface area contributed by atoms with E-state index in [1.807, 2.05) is 6.92 Å². The number of carboxylic acids is 1. The van der Waals surface area contributed by atoms with Gasteiger partial charge in [0, 0.05) is 15.4 Å². The molecule has 1 aromatic rings. The summed E-state index contributed by atoms with van der Waals surface area (Å²) >= 11 is 4.62. The van der Waals surface area contributed by atoms with Gasteiger partial charge in [0.25, 0.3) is 0 Å². The van der Waals surface area contributed by atoms with Crippen LogP contribution in [0.1, 0.15) is 43.0 Å². The van der Waals surface area contributed by atoms with Gasteiger partial charge in [-0.2, -0.15) is 0 Å². The van der Waals surface area contributed by atoms with Crippen LogP contribution in [0, 0.1) is 0 Å². The maximum Gasteiger partial charge on any atom is 0.336 e. The molecule has 1 amide bonds. The van der Waals surface area contributed by atoms with Crippen molar-refractivity contribution in [2.75, 3.05) is 0 Å². The van der Waals surface area contributed by atoms with Gasteiger partial charge in [0.15, 0.2) is 0 Å². The van der Waals surface area contributed by atoms with Gasteiger partial charge in [-0.1, -0.05) is 28.8 Å². The van der Waals surface area contributed by atoms with Crippen molar-refractivity contribution in [1.29, 1.82) is 0 Å². The fourth-order valence-corrected chi connectivity index (χ4v) is 3.95. The highest BCUT2D eigenvalue weighted by Gasteiger charge is 2.22. The standard InChI is InChI=1S/C15H18BrNO3S/c1-9(14(18)17-11-4-2-3-5-11)21-13-8-10(16)6-7-12(13)15(19)20/h6-9,11H,2-5H2,1H3,(H,17,18)(H,19,20). The third kappa shape index (κ3) is 4.48. The summed E-state index contributed by atoms with van der Waals surface area (Å²) in [7, 11) is 0. The second-order valence-corrected chi connectivity index (χ2v) is 7.49. The van der Waals surface area contributed by atoms with Crippen LogP contribution in [0.15, 0.2) is 27.6 Å². The fourth-order valence-electron chi connectivity index (χ4n) is 2.40. The molecule has 0 aliphatic heterocycles. The quantitative estimate of drug-likeness (QED) is 0.774. The van der Waals surface area contributed by atoms with E-state index in [4.69, 9.17) is 0 Å². The van der Waals surface area contributed by atoms with Crippen LogP contribution in [0.3, 0.4) is 0 Å². The molecule has 1 aliphatic rings. The first-order valence-corrected chi connectivity index (χ1v) is 8.64. The number of carboxylic acid groups (broad SMARTS) is 1. The highest BCUT2D eigenvalue weighted by Crippen LogP contribution is 2.30. The van der Waals surface area contributed by atoms with Crippen molar-refractivity contribution in [3.63, 3.8) is 0 Å². The zero-order valence-electron chi connectivity index (χ0n) is 11.8. The average molecular weight is 372 g/mol. The number of thioether (sulfide) groups is 1. The number of nitrogens with one attached hydrogen (secondary N) is 1. The van der Waals surface area contributed by atoms with Crippen LogP contribution in [-0.4, -0.2) is 28.3 Å². The van der Waals surface area contributed by atoms with E-state index in [-0.39, 0.29) is 22.8 Å². The van der Waals surface area contributed by atoms with E-state index in [2.05, 4.69) is 21.2 Å². The Hall–Kier alpha value is -1.01. The van der Waals surface area contributed by atoms with E-state index in [9.17, 15) is 14.7 Å². The molecule has 1 aliphatic carbocycles. The average Bonchev–Trinajstić information content (AvgIpc) is 2.91. The molecule has 2 N–H and O–H groups in total. The predicted molar refractivity (Wildman–Crippen MR) is 86.8 cm³/mol. The molecule has 0 aromatic heterocycles. The first-order valence-electron chi connectivity index (χ1n) is 6.97. The molecular formula is C15H18BrNO3S. The molecule has 0 saturated heterocycles. The Labute approximate surface area is 136 Å². The number of carbonyl (C=O) groups excluding carboxylic acids is 1. The maximum absolute atomic E-state index is 12.2. The topological polar surface area (TPSA) is 66.4 Å². The van der Waals surface area contributed by atoms with Gasteiger partial charge in [0.1, 0.15) is 0 Å². The molecule has 114 valence electrons. The maximum atomic E-state index is 12.2. The largest absolute Gasteiger partial charge is 0.478 e. The Kier molecular flexibility index (Phi) is 5.70. The minimum Gasteiger partial charge on any atom is -0.478 e. The van der Waals surface area contributed by atoms with Gasteiger partial charge < -0.3 is 10.4 Å². The molecule has 21 heavy (non-hydrogen) atoms. The van der Waals surface area contributed by atoms with E-state index in [0.29, 0.717) is 4.90 Å². The lowest BCUT2D eigenvalue weighted by Crippen LogP contribution is -2.37. The Morgan fingerprint density at radius 2 is 2.05 bits per heavy atom. The van der Waals surface area contributed by atoms with Crippen LogP contribution in [-0.2, 0) is 4.79 Å². The van der Waals surface area contributed by atoms with Gasteiger partial charge in [-0.3, -0.25) is 4.79 Å². The number of rotatable bonds is 5. The summed E-state index contributed by atoms with van der Waals surface area (Å²) in [6.07, 6.45) is 4.42. The highest BCUT2D eigenvalue weighted by atomic mass is 79.9. The molecule has 1 fully saturated rings. The molecule has 1 atom stereocenters. The van der Waals surface area contributed by atoms with Crippen LogP contribution < -0.4 is 5.32 Å². The molecule has 1 aromatic carbocycles. The Bertz CT molecular complexity index is 544. The lowest BCUT2D eigenvalue weighted by atomic mass is 10.2. The lowest BCUT2D eigenvalue weighted by Gasteiger charge is -2.17. The number of hydrogen-bond donors (Lipinski definition) is 2. The summed E-state index contributed by atoms with van der Waals surface area (Å²) < 4.78 is 0.804. The monoisotopic (exact) mass is 371 g/mol. The van der Waals surface area contributed by atoms with Crippen LogP contribution in [0.4, 0.5) is 0 Å². The van der Waals surface area contributed by atoms with E-state index < -0.39 is 5.97 Å². The molecule has 0 bridgehead atoms. The van der Waals surface area contributed by atoms with Crippen LogP contribution in [0.5, 0.6) is 0 Å². The number of hydrogen-bond acceptors (Lipinski definition) is 3. The van der Waals surface area contributed by atoms with Crippen molar-refractivity contribution < 1.29 is 14.7 Å². The second kappa shape index (κ2) is 7.31. The molecule has 0 heterocycles. The van der Waals surface area contributed by atoms with E-state index in [1.54, 1.807) is 18.2 Å². The highest BCUT2D eigenvalue weighted by molar-refractivity contribution is 9.10. The predicted octanol–water partition coefficient (Wildman–Crippen LogP) is 3.69. The first kappa shape index (κ1) is 16.4. The summed E-state index contributed by atoms with van der Waals surface area (Å²) in [6.45, 7) is 1.81. The van der Waals surface area contributed by atoms with Gasteiger partial charge in [-0.05, 0) is 38.0 Å². The van der Waals surface area contributed by atoms with Crippen molar-refractivity contribution >= 4 is 39.6 Å². The van der Waals surface area contributed by atoms with Crippen LogP contribution in [0.2, 0.25) is 0 Å². The molecule has 0 radical (unpaired) electrons. The van der Waals surface area contributed by atoms with Gasteiger partial charge >= 0.3 is 5.97 Å². The number of benzene rings is 1. The Balaban J connectivity index is 2.04. The lowest BCUT2D eigenvalue weighted by molar-refractivity contribution is -0.120. The number of halogens is 1. The summed E-state index contributed by atoms with van der Waals surface area (Å²) in [5, 5.41) is 11.9. The van der Waals surface area contributed by atoms with Gasteiger partial charge in [0.2, 0.25) is 5.91 Å². The van der Waals surface area contributed by atoms with Crippen molar-refractivity contribution in [1.82, 2.24) is 5.32 Å². The summed E-state index contributed by atoms with van der Waals surface area (Å²) in [5.41, 5.74) is 0.226. The second-order valence-electron chi connectivity index (χ2n) is 5.20. The van der Waals surface area contributed by atoms with Gasteiger partial charge in [-0.15, -0.1) is 11.8 Å². The third-order valence-corrected chi connectivity index (χ3v) is 5.20. The molecular weight excluding hydrogens is 354 g/mol. The molecule has 6 heteroatoms. The van der Waals surface area contributed by atoms with Crippen molar-refractivity contribution in [3.05, 3.63) is 28.2 Å². The van der Waals surface area contributed by atoms with Crippen molar-refractivity contribution in [2.24, 2.45) is 0 Å². The fraction of sp³-hybridized carbons (Fsp3) is 0.467. The smallest absolute Gasteiger partial charge is 0.336 e. The summed E-state index contributed by atoms with van der Waals surface area (Å²) in [4.78, 5) is 24.0. The molecule has 1 unspecified atom stereocenters. The molecule has 1 saturated carbocycles. The van der Waals surface area contributed by atoms with E-state index in [0.717, 1.165) is 17.3 Å². The number of amides is 1. The molecule has 4 nitrogen and oxygen atoms in total. The van der Waals surface area contributed by atoms with Crippen LogP contribution in [0.25, 0.3) is 0 Å². The zero-order valence-corrected chi connectivity index (χ0v) is 14.2. The number of carbonyl (C=O) groups is 2. The SMILES string of the molecule is CC(Sc1cc(Br)ccc1C(=O)O)C(=O)NC1CCCC1. The van der Waals surface area contributed by atoms with Crippen molar-refractivity contribution in [3.8, 4) is 0 Å². The molecule has 2 rings (SSSR count). The van der Waals surface area contributed by atoms with E-state index in [1.165, 1.54) is 24.6 Å². The third-order valence-electron chi connectivity index (χ3n) is 3.55. The normalized spacial score (nSPS) is 16.7. The number of aromatic carboxylic acids is 1. The first-order chi connectivity index (χ1) is 9.97. The van der Waals surface area contributed by atoms with Gasteiger partial charge in [0.05, 0.1) is 10.8 Å². The summed E-state index contributed by atoms with van der Waals surface area (Å²) in [6, 6.07) is 5.27. The van der Waals surface area contributed by atoms with Crippen molar-refractivity contribution in [2.45, 2.75) is 48.8 Å².